The van der Waals surface area contributed by atoms with Gasteiger partial charge in [-0.25, -0.2) is 0 Å². The van der Waals surface area contributed by atoms with E-state index in [9.17, 15) is 9.59 Å². The Bertz CT molecular complexity index is 1210. The van der Waals surface area contributed by atoms with Crippen LogP contribution < -0.4 is 9.47 Å². The number of aryl methyl sites for hydroxylation is 1. The van der Waals surface area contributed by atoms with Crippen molar-refractivity contribution in [3.05, 3.63) is 98.4 Å². The summed E-state index contributed by atoms with van der Waals surface area (Å²) < 4.78 is 12.2. The molecule has 168 valence electrons. The van der Waals surface area contributed by atoms with E-state index in [0.29, 0.717) is 23.0 Å². The van der Waals surface area contributed by atoms with Crippen molar-refractivity contribution in [2.45, 2.75) is 20.1 Å². The highest BCUT2D eigenvalue weighted by atomic mass is 79.9. The van der Waals surface area contributed by atoms with Gasteiger partial charge in [-0.3, -0.25) is 14.5 Å². The molecular weight excluding hydrogens is 502 g/mol. The van der Waals surface area contributed by atoms with Crippen molar-refractivity contribution in [2.24, 2.45) is 0 Å². The molecule has 1 aliphatic rings. The number of nitrogens with zero attached hydrogens (tertiary/aromatic N) is 1. The summed E-state index contributed by atoms with van der Waals surface area (Å²) in [5.41, 5.74) is 3.80. The van der Waals surface area contributed by atoms with E-state index in [2.05, 4.69) is 15.9 Å². The number of hydrogen-bond acceptors (Lipinski definition) is 5. The number of carbonyl (C=O) groups is 2. The quantitative estimate of drug-likeness (QED) is 0.327. The largest absolute Gasteiger partial charge is 0.493 e. The van der Waals surface area contributed by atoms with Crippen LogP contribution in [0.3, 0.4) is 0 Å². The summed E-state index contributed by atoms with van der Waals surface area (Å²) in [5, 5.41) is -0.280. The van der Waals surface area contributed by atoms with Crippen LogP contribution in [-0.4, -0.2) is 23.2 Å². The van der Waals surface area contributed by atoms with E-state index in [1.807, 2.05) is 67.6 Å². The van der Waals surface area contributed by atoms with Gasteiger partial charge >= 0.3 is 0 Å². The summed E-state index contributed by atoms with van der Waals surface area (Å²) in [6.45, 7) is 2.65. The van der Waals surface area contributed by atoms with Crippen LogP contribution in [0.25, 0.3) is 6.08 Å². The molecule has 0 radical (unpaired) electrons. The van der Waals surface area contributed by atoms with Gasteiger partial charge in [0, 0.05) is 4.47 Å². The van der Waals surface area contributed by atoms with Gasteiger partial charge in [0.25, 0.3) is 11.1 Å². The number of halogens is 1. The third-order valence-corrected chi connectivity index (χ3v) is 6.74. The summed E-state index contributed by atoms with van der Waals surface area (Å²) in [6, 6.07) is 21.2. The van der Waals surface area contributed by atoms with Crippen LogP contribution in [0.1, 0.15) is 22.3 Å². The molecule has 0 spiro atoms. The van der Waals surface area contributed by atoms with Gasteiger partial charge < -0.3 is 9.47 Å². The minimum Gasteiger partial charge on any atom is -0.493 e. The van der Waals surface area contributed by atoms with Crippen molar-refractivity contribution in [3.8, 4) is 11.5 Å². The first-order valence-corrected chi connectivity index (χ1v) is 11.9. The number of benzene rings is 3. The van der Waals surface area contributed by atoms with Crippen LogP contribution in [0.15, 0.2) is 76.1 Å². The number of hydrogen-bond donors (Lipinski definition) is 0. The molecular formula is C26H22BrNO4S. The fourth-order valence-corrected chi connectivity index (χ4v) is 4.59. The fraction of sp³-hybridized carbons (Fsp3) is 0.154. The predicted octanol–water partition coefficient (Wildman–Crippen LogP) is 6.58. The van der Waals surface area contributed by atoms with E-state index in [-0.39, 0.29) is 17.7 Å². The predicted molar refractivity (Wildman–Crippen MR) is 134 cm³/mol. The first-order valence-electron chi connectivity index (χ1n) is 10.3. The maximum atomic E-state index is 12.9. The van der Waals surface area contributed by atoms with Crippen LogP contribution in [-0.2, 0) is 17.9 Å². The average Bonchev–Trinajstić information content (AvgIpc) is 3.08. The lowest BCUT2D eigenvalue weighted by molar-refractivity contribution is -0.123. The number of methoxy groups -OCH3 is 1. The Morgan fingerprint density at radius 1 is 0.970 bits per heavy atom. The molecule has 0 unspecified atom stereocenters. The summed E-state index contributed by atoms with van der Waals surface area (Å²) in [6.07, 6.45) is 1.70. The zero-order valence-corrected chi connectivity index (χ0v) is 20.6. The third kappa shape index (κ3) is 5.49. The molecule has 0 bridgehead atoms. The normalized spacial score (nSPS) is 14.8. The molecule has 0 saturated carbocycles. The van der Waals surface area contributed by atoms with Crippen molar-refractivity contribution in [3.63, 3.8) is 0 Å². The second-order valence-corrected chi connectivity index (χ2v) is 9.40. The summed E-state index contributed by atoms with van der Waals surface area (Å²) in [7, 11) is 1.57. The standard InChI is InChI=1S/C26H22BrNO4S/c1-17-8-10-18(11-9-17)15-28-25(29)24(33-26(28)30)13-20-12-22(31-2)23(14-21(20)27)32-16-19-6-4-3-5-7-19/h3-14H,15-16H2,1-2H3/b24-13-. The molecule has 3 aromatic rings. The van der Waals surface area contributed by atoms with Crippen molar-refractivity contribution >= 4 is 44.9 Å². The molecule has 0 N–H and O–H groups in total. The van der Waals surface area contributed by atoms with Gasteiger partial charge in [-0.15, -0.1) is 0 Å². The number of rotatable bonds is 7. The highest BCUT2D eigenvalue weighted by Gasteiger charge is 2.35. The second kappa shape index (κ2) is 10.3. The molecule has 0 aromatic heterocycles. The highest BCUT2D eigenvalue weighted by Crippen LogP contribution is 2.38. The zero-order valence-electron chi connectivity index (χ0n) is 18.2. The molecule has 1 fully saturated rings. The number of thioether (sulfide) groups is 1. The van der Waals surface area contributed by atoms with Crippen molar-refractivity contribution in [2.75, 3.05) is 7.11 Å². The first-order chi connectivity index (χ1) is 15.9. The number of imide groups is 1. The molecule has 7 heteroatoms. The van der Waals surface area contributed by atoms with Gasteiger partial charge in [0.05, 0.1) is 18.6 Å². The molecule has 2 amide bonds. The molecule has 1 aliphatic heterocycles. The summed E-state index contributed by atoms with van der Waals surface area (Å²) in [4.78, 5) is 27.1. The maximum Gasteiger partial charge on any atom is 0.293 e. The molecule has 0 atom stereocenters. The smallest absolute Gasteiger partial charge is 0.293 e. The van der Waals surface area contributed by atoms with Gasteiger partial charge in [0.1, 0.15) is 6.61 Å². The first kappa shape index (κ1) is 23.1. The fourth-order valence-electron chi connectivity index (χ4n) is 3.32. The summed E-state index contributed by atoms with van der Waals surface area (Å²) in [5.74, 6) is 0.818. The average molecular weight is 524 g/mol. The van der Waals surface area contributed by atoms with Crippen LogP contribution >= 0.6 is 27.7 Å². The minimum atomic E-state index is -0.305. The Morgan fingerprint density at radius 3 is 2.39 bits per heavy atom. The Kier molecular flexibility index (Phi) is 7.20. The molecule has 0 aliphatic carbocycles. The molecule has 5 nitrogen and oxygen atoms in total. The Labute approximate surface area is 205 Å². The lowest BCUT2D eigenvalue weighted by Gasteiger charge is -2.13. The Balaban J connectivity index is 1.53. The van der Waals surface area contributed by atoms with Crippen LogP contribution in [0.4, 0.5) is 4.79 Å². The third-order valence-electron chi connectivity index (χ3n) is 5.14. The molecule has 33 heavy (non-hydrogen) atoms. The van der Waals surface area contributed by atoms with E-state index in [1.54, 1.807) is 19.3 Å². The Hall–Kier alpha value is -3.03. The monoisotopic (exact) mass is 523 g/mol. The Morgan fingerprint density at radius 2 is 1.70 bits per heavy atom. The molecule has 1 saturated heterocycles. The molecule has 3 aromatic carbocycles. The molecule has 1 heterocycles. The van der Waals surface area contributed by atoms with Crippen molar-refractivity contribution < 1.29 is 19.1 Å². The SMILES string of the molecule is COc1cc(/C=C2\SC(=O)N(Cc3ccc(C)cc3)C2=O)c(Br)cc1OCc1ccccc1. The van der Waals surface area contributed by atoms with Gasteiger partial charge in [0.15, 0.2) is 11.5 Å². The summed E-state index contributed by atoms with van der Waals surface area (Å²) >= 11 is 4.49. The van der Waals surface area contributed by atoms with Gasteiger partial charge in [-0.1, -0.05) is 76.1 Å². The maximum absolute atomic E-state index is 12.9. The van der Waals surface area contributed by atoms with Crippen LogP contribution in [0.2, 0.25) is 0 Å². The lowest BCUT2D eigenvalue weighted by Crippen LogP contribution is -2.27. The number of carbonyl (C=O) groups excluding carboxylic acids is 2. The lowest BCUT2D eigenvalue weighted by atomic mass is 10.1. The topological polar surface area (TPSA) is 55.8 Å². The second-order valence-electron chi connectivity index (χ2n) is 7.55. The number of amides is 2. The van der Waals surface area contributed by atoms with Crippen molar-refractivity contribution in [1.82, 2.24) is 4.90 Å². The van der Waals surface area contributed by atoms with Crippen LogP contribution in [0, 0.1) is 6.92 Å². The van der Waals surface area contributed by atoms with Crippen LogP contribution in [0.5, 0.6) is 11.5 Å². The van der Waals surface area contributed by atoms with Gasteiger partial charge in [-0.05, 0) is 53.6 Å². The zero-order chi connectivity index (χ0) is 23.4. The van der Waals surface area contributed by atoms with E-state index in [0.717, 1.165) is 38.5 Å². The van der Waals surface area contributed by atoms with E-state index >= 15 is 0 Å². The van der Waals surface area contributed by atoms with E-state index in [1.165, 1.54) is 4.90 Å². The van der Waals surface area contributed by atoms with Gasteiger partial charge in [-0.2, -0.15) is 0 Å². The van der Waals surface area contributed by atoms with E-state index in [4.69, 9.17) is 9.47 Å². The molecule has 4 rings (SSSR count). The number of ether oxygens (including phenoxy) is 2. The van der Waals surface area contributed by atoms with Crippen molar-refractivity contribution in [1.29, 1.82) is 0 Å². The minimum absolute atomic E-state index is 0.249. The highest BCUT2D eigenvalue weighted by molar-refractivity contribution is 9.10. The van der Waals surface area contributed by atoms with E-state index < -0.39 is 0 Å². The van der Waals surface area contributed by atoms with Gasteiger partial charge in [0.2, 0.25) is 0 Å².